The van der Waals surface area contributed by atoms with Crippen molar-refractivity contribution in [1.29, 1.82) is 0 Å². The third-order valence-electron chi connectivity index (χ3n) is 3.02. The first-order valence-electron chi connectivity index (χ1n) is 6.01. The number of aliphatic carboxylic acids is 1. The fourth-order valence-electron chi connectivity index (χ4n) is 1.92. The van der Waals surface area contributed by atoms with E-state index in [1.54, 1.807) is 5.51 Å². The van der Waals surface area contributed by atoms with Crippen molar-refractivity contribution < 1.29 is 9.90 Å². The van der Waals surface area contributed by atoms with E-state index in [2.05, 4.69) is 4.98 Å². The van der Waals surface area contributed by atoms with Gasteiger partial charge in [0.2, 0.25) is 0 Å². The highest BCUT2D eigenvalue weighted by Crippen LogP contribution is 2.26. The first-order chi connectivity index (χ1) is 9.08. The number of carbonyl (C=O) groups is 1. The molecule has 0 bridgehead atoms. The lowest BCUT2D eigenvalue weighted by Crippen LogP contribution is -2.32. The molecule has 4 nitrogen and oxygen atoms in total. The molecule has 2 aromatic rings. The summed E-state index contributed by atoms with van der Waals surface area (Å²) >= 11 is 1.52. The fraction of sp³-hybridized carbons (Fsp3) is 0.286. The maximum Gasteiger partial charge on any atom is 0.323 e. The Morgan fingerprint density at radius 3 is 2.63 bits per heavy atom. The van der Waals surface area contributed by atoms with Gasteiger partial charge in [-0.1, -0.05) is 17.7 Å². The predicted molar refractivity (Wildman–Crippen MR) is 76.7 cm³/mol. The SMILES string of the molecule is Cc1ccc(N(CC(=O)O)C(C)c2cscn2)cc1. The summed E-state index contributed by atoms with van der Waals surface area (Å²) in [5.41, 5.74) is 4.71. The van der Waals surface area contributed by atoms with Crippen LogP contribution in [0.15, 0.2) is 35.2 Å². The molecule has 0 saturated carbocycles. The van der Waals surface area contributed by atoms with E-state index in [-0.39, 0.29) is 12.6 Å². The second kappa shape index (κ2) is 5.84. The van der Waals surface area contributed by atoms with Gasteiger partial charge in [-0.2, -0.15) is 0 Å². The van der Waals surface area contributed by atoms with Crippen LogP contribution in [-0.2, 0) is 4.79 Å². The van der Waals surface area contributed by atoms with Crippen molar-refractivity contribution in [2.75, 3.05) is 11.4 Å². The van der Waals surface area contributed by atoms with Crippen LogP contribution in [0.1, 0.15) is 24.2 Å². The molecule has 1 N–H and O–H groups in total. The zero-order valence-electron chi connectivity index (χ0n) is 10.9. The Kier molecular flexibility index (Phi) is 4.16. The molecule has 1 aromatic heterocycles. The quantitative estimate of drug-likeness (QED) is 0.911. The normalized spacial score (nSPS) is 12.1. The van der Waals surface area contributed by atoms with Gasteiger partial charge in [-0.15, -0.1) is 11.3 Å². The largest absolute Gasteiger partial charge is 0.480 e. The summed E-state index contributed by atoms with van der Waals surface area (Å²) in [7, 11) is 0. The third kappa shape index (κ3) is 3.32. The van der Waals surface area contributed by atoms with Crippen LogP contribution < -0.4 is 4.90 Å². The average Bonchev–Trinajstić information content (AvgIpc) is 2.90. The van der Waals surface area contributed by atoms with Gasteiger partial charge in [0, 0.05) is 11.1 Å². The molecule has 0 aliphatic rings. The van der Waals surface area contributed by atoms with E-state index in [4.69, 9.17) is 5.11 Å². The molecule has 1 unspecified atom stereocenters. The summed E-state index contributed by atoms with van der Waals surface area (Å²) in [6.07, 6.45) is 0. The van der Waals surface area contributed by atoms with Crippen molar-refractivity contribution in [3.8, 4) is 0 Å². The number of rotatable bonds is 5. The van der Waals surface area contributed by atoms with Crippen LogP contribution in [0.4, 0.5) is 5.69 Å². The molecular weight excluding hydrogens is 260 g/mol. The molecule has 100 valence electrons. The standard InChI is InChI=1S/C14H16N2O2S/c1-10-3-5-12(6-4-10)16(7-14(17)18)11(2)13-8-19-9-15-13/h3-6,8-9,11H,7H2,1-2H3,(H,17,18). The molecule has 0 radical (unpaired) electrons. The molecule has 0 aliphatic carbocycles. The minimum Gasteiger partial charge on any atom is -0.480 e. The van der Waals surface area contributed by atoms with Gasteiger partial charge < -0.3 is 10.0 Å². The van der Waals surface area contributed by atoms with E-state index in [1.807, 2.05) is 48.4 Å². The first-order valence-corrected chi connectivity index (χ1v) is 6.95. The van der Waals surface area contributed by atoms with Crippen molar-refractivity contribution in [3.63, 3.8) is 0 Å². The predicted octanol–water partition coefficient (Wildman–Crippen LogP) is 3.10. The van der Waals surface area contributed by atoms with Crippen molar-refractivity contribution in [2.45, 2.75) is 19.9 Å². The zero-order valence-corrected chi connectivity index (χ0v) is 11.7. The Balaban J connectivity index is 2.30. The molecule has 2 rings (SSSR count). The lowest BCUT2D eigenvalue weighted by Gasteiger charge is -2.28. The molecular formula is C14H16N2O2S. The summed E-state index contributed by atoms with van der Waals surface area (Å²) in [5.74, 6) is -0.845. The highest BCUT2D eigenvalue weighted by molar-refractivity contribution is 7.07. The van der Waals surface area contributed by atoms with Crippen LogP contribution in [0.25, 0.3) is 0 Å². The number of thiazole rings is 1. The van der Waals surface area contributed by atoms with Crippen molar-refractivity contribution in [3.05, 3.63) is 46.4 Å². The number of hydrogen-bond acceptors (Lipinski definition) is 4. The molecule has 1 heterocycles. The van der Waals surface area contributed by atoms with Gasteiger partial charge in [0.05, 0.1) is 17.2 Å². The highest BCUT2D eigenvalue weighted by atomic mass is 32.1. The lowest BCUT2D eigenvalue weighted by molar-refractivity contribution is -0.135. The van der Waals surface area contributed by atoms with Gasteiger partial charge >= 0.3 is 5.97 Å². The number of carboxylic acids is 1. The zero-order chi connectivity index (χ0) is 13.8. The monoisotopic (exact) mass is 276 g/mol. The highest BCUT2D eigenvalue weighted by Gasteiger charge is 2.20. The van der Waals surface area contributed by atoms with E-state index in [0.29, 0.717) is 0 Å². The van der Waals surface area contributed by atoms with Gasteiger partial charge in [-0.25, -0.2) is 4.98 Å². The number of aryl methyl sites for hydroxylation is 1. The van der Waals surface area contributed by atoms with Crippen LogP contribution in [0, 0.1) is 6.92 Å². The van der Waals surface area contributed by atoms with Gasteiger partial charge in [0.1, 0.15) is 6.54 Å². The summed E-state index contributed by atoms with van der Waals surface area (Å²) in [5, 5.41) is 11.0. The van der Waals surface area contributed by atoms with Crippen LogP contribution in [0.3, 0.4) is 0 Å². The molecule has 1 atom stereocenters. The van der Waals surface area contributed by atoms with Gasteiger partial charge in [0.25, 0.3) is 0 Å². The molecule has 0 aliphatic heterocycles. The molecule has 0 amide bonds. The van der Waals surface area contributed by atoms with E-state index >= 15 is 0 Å². The number of carboxylic acid groups (broad SMARTS) is 1. The third-order valence-corrected chi connectivity index (χ3v) is 3.62. The topological polar surface area (TPSA) is 53.4 Å². The maximum absolute atomic E-state index is 11.1. The van der Waals surface area contributed by atoms with Crippen LogP contribution >= 0.6 is 11.3 Å². The van der Waals surface area contributed by atoms with Crippen molar-refractivity contribution >= 4 is 23.0 Å². The van der Waals surface area contributed by atoms with Crippen molar-refractivity contribution in [1.82, 2.24) is 4.98 Å². The number of aromatic nitrogens is 1. The first kappa shape index (κ1) is 13.5. The summed E-state index contributed by atoms with van der Waals surface area (Å²) < 4.78 is 0. The molecule has 1 aromatic carbocycles. The second-order valence-corrected chi connectivity index (χ2v) is 5.17. The minimum atomic E-state index is -0.845. The van der Waals surface area contributed by atoms with E-state index < -0.39 is 5.97 Å². The van der Waals surface area contributed by atoms with Gasteiger partial charge in [-0.3, -0.25) is 4.79 Å². The fourth-order valence-corrected chi connectivity index (χ4v) is 2.56. The Morgan fingerprint density at radius 1 is 1.42 bits per heavy atom. The Labute approximate surface area is 116 Å². The second-order valence-electron chi connectivity index (χ2n) is 4.45. The summed E-state index contributed by atoms with van der Waals surface area (Å²) in [6, 6.07) is 7.79. The minimum absolute atomic E-state index is 0.0399. The molecule has 0 fully saturated rings. The number of anilines is 1. The Hall–Kier alpha value is -1.88. The lowest BCUT2D eigenvalue weighted by atomic mass is 10.1. The number of nitrogens with zero attached hydrogens (tertiary/aromatic N) is 2. The van der Waals surface area contributed by atoms with Gasteiger partial charge in [-0.05, 0) is 26.0 Å². The van der Waals surface area contributed by atoms with E-state index in [9.17, 15) is 4.79 Å². The summed E-state index contributed by atoms with van der Waals surface area (Å²) in [6.45, 7) is 3.94. The Morgan fingerprint density at radius 2 is 2.11 bits per heavy atom. The molecule has 0 saturated heterocycles. The van der Waals surface area contributed by atoms with Crippen LogP contribution in [-0.4, -0.2) is 22.6 Å². The van der Waals surface area contributed by atoms with Gasteiger partial charge in [0.15, 0.2) is 0 Å². The molecule has 19 heavy (non-hydrogen) atoms. The van der Waals surface area contributed by atoms with E-state index in [0.717, 1.165) is 16.9 Å². The summed E-state index contributed by atoms with van der Waals surface area (Å²) in [4.78, 5) is 17.2. The average molecular weight is 276 g/mol. The smallest absolute Gasteiger partial charge is 0.323 e. The molecule has 0 spiro atoms. The Bertz CT molecular complexity index is 537. The maximum atomic E-state index is 11.1. The van der Waals surface area contributed by atoms with E-state index in [1.165, 1.54) is 11.3 Å². The molecule has 5 heteroatoms. The number of hydrogen-bond donors (Lipinski definition) is 1. The van der Waals surface area contributed by atoms with Crippen LogP contribution in [0.5, 0.6) is 0 Å². The van der Waals surface area contributed by atoms with Crippen molar-refractivity contribution in [2.24, 2.45) is 0 Å². The number of benzene rings is 1. The van der Waals surface area contributed by atoms with Crippen LogP contribution in [0.2, 0.25) is 0 Å².